The van der Waals surface area contributed by atoms with Crippen LogP contribution in [0.3, 0.4) is 0 Å². The van der Waals surface area contributed by atoms with Gasteiger partial charge in [0.1, 0.15) is 0 Å². The van der Waals surface area contributed by atoms with Crippen LogP contribution in [0.15, 0.2) is 24.3 Å². The topological polar surface area (TPSA) is 58.2 Å². The predicted octanol–water partition coefficient (Wildman–Crippen LogP) is 0.770. The molecule has 4 heteroatoms. The van der Waals surface area contributed by atoms with Crippen LogP contribution in [0.1, 0.15) is 10.4 Å². The number of amides is 1. The second kappa shape index (κ2) is 3.73. The molecule has 0 aliphatic heterocycles. The van der Waals surface area contributed by atoms with E-state index in [0.29, 0.717) is 5.56 Å². The highest BCUT2D eigenvalue weighted by molar-refractivity contribution is 5.94. The SMILES string of the molecule is CNC(=O)c1ccc(O[O])cc1. The number of hydrogen-bond donors (Lipinski definition) is 1. The molecule has 4 nitrogen and oxygen atoms in total. The summed E-state index contributed by atoms with van der Waals surface area (Å²) in [6, 6.07) is 5.92. The molecular weight excluding hydrogens is 158 g/mol. The molecule has 0 aliphatic rings. The van der Waals surface area contributed by atoms with E-state index in [1.165, 1.54) is 24.3 Å². The molecule has 1 aromatic carbocycles. The molecule has 0 aromatic heterocycles. The molecule has 0 spiro atoms. The highest BCUT2D eigenvalue weighted by Crippen LogP contribution is 2.10. The summed E-state index contributed by atoms with van der Waals surface area (Å²) in [5.74, 6) is 0.00935. The quantitative estimate of drug-likeness (QED) is 0.521. The first-order valence-corrected chi connectivity index (χ1v) is 3.40. The van der Waals surface area contributed by atoms with E-state index < -0.39 is 0 Å². The van der Waals surface area contributed by atoms with Gasteiger partial charge in [-0.2, -0.15) is 0 Å². The zero-order valence-electron chi connectivity index (χ0n) is 6.53. The van der Waals surface area contributed by atoms with Crippen LogP contribution in [0.25, 0.3) is 0 Å². The van der Waals surface area contributed by atoms with Gasteiger partial charge in [0.15, 0.2) is 5.75 Å². The molecule has 63 valence electrons. The zero-order chi connectivity index (χ0) is 8.97. The van der Waals surface area contributed by atoms with E-state index in [4.69, 9.17) is 0 Å². The van der Waals surface area contributed by atoms with Crippen LogP contribution in [0, 0.1) is 0 Å². The Hall–Kier alpha value is -1.55. The van der Waals surface area contributed by atoms with Gasteiger partial charge in [-0.05, 0) is 24.3 Å². The Morgan fingerprint density at radius 2 is 1.92 bits per heavy atom. The average Bonchev–Trinajstić information content (AvgIpc) is 2.17. The monoisotopic (exact) mass is 166 g/mol. The van der Waals surface area contributed by atoms with Crippen molar-refractivity contribution in [3.63, 3.8) is 0 Å². The minimum absolute atomic E-state index is 0.188. The molecule has 1 amide bonds. The summed E-state index contributed by atoms with van der Waals surface area (Å²) in [6.07, 6.45) is 0. The van der Waals surface area contributed by atoms with E-state index in [-0.39, 0.29) is 11.7 Å². The number of benzene rings is 1. The lowest BCUT2D eigenvalue weighted by Gasteiger charge is -1.98. The van der Waals surface area contributed by atoms with Crippen molar-refractivity contribution in [1.29, 1.82) is 0 Å². The van der Waals surface area contributed by atoms with Crippen LogP contribution in [0.5, 0.6) is 5.75 Å². The van der Waals surface area contributed by atoms with Gasteiger partial charge in [-0.1, -0.05) is 0 Å². The molecule has 0 saturated carbocycles. The Balaban J connectivity index is 2.84. The van der Waals surface area contributed by atoms with Gasteiger partial charge in [0, 0.05) is 17.9 Å². The third-order valence-electron chi connectivity index (χ3n) is 1.44. The fourth-order valence-electron chi connectivity index (χ4n) is 0.806. The van der Waals surface area contributed by atoms with Crippen molar-refractivity contribution in [3.8, 4) is 5.75 Å². The van der Waals surface area contributed by atoms with Crippen LogP contribution in [-0.4, -0.2) is 13.0 Å². The van der Waals surface area contributed by atoms with Crippen LogP contribution in [0.4, 0.5) is 0 Å². The molecule has 12 heavy (non-hydrogen) atoms. The van der Waals surface area contributed by atoms with Gasteiger partial charge < -0.3 is 10.2 Å². The summed E-state index contributed by atoms with van der Waals surface area (Å²) < 4.78 is 0. The van der Waals surface area contributed by atoms with Gasteiger partial charge in [-0.25, -0.2) is 0 Å². The third kappa shape index (κ3) is 1.73. The van der Waals surface area contributed by atoms with E-state index in [1.807, 2.05) is 0 Å². The van der Waals surface area contributed by atoms with Gasteiger partial charge in [0.05, 0.1) is 0 Å². The average molecular weight is 166 g/mol. The minimum Gasteiger partial charge on any atom is -0.355 e. The molecule has 0 atom stereocenters. The van der Waals surface area contributed by atoms with Crippen LogP contribution in [0.2, 0.25) is 0 Å². The minimum atomic E-state index is -0.188. The summed E-state index contributed by atoms with van der Waals surface area (Å²) in [5.41, 5.74) is 0.498. The number of nitrogens with one attached hydrogen (secondary N) is 1. The van der Waals surface area contributed by atoms with E-state index in [1.54, 1.807) is 7.05 Å². The van der Waals surface area contributed by atoms with E-state index in [2.05, 4.69) is 10.2 Å². The standard InChI is InChI=1S/C8H8NO3/c1-9-8(10)6-2-4-7(12-11)5-3-6/h2-5H,1H3,(H,9,10). The summed E-state index contributed by atoms with van der Waals surface area (Å²) in [4.78, 5) is 14.7. The Labute approximate surface area is 69.7 Å². The highest BCUT2D eigenvalue weighted by Gasteiger charge is 2.01. The molecule has 0 aliphatic carbocycles. The number of carbonyl (C=O) groups is 1. The fourth-order valence-corrected chi connectivity index (χ4v) is 0.806. The smallest absolute Gasteiger partial charge is 0.251 e. The normalized spacial score (nSPS) is 9.17. The van der Waals surface area contributed by atoms with Crippen molar-refractivity contribution in [2.45, 2.75) is 0 Å². The molecule has 1 N–H and O–H groups in total. The second-order valence-electron chi connectivity index (χ2n) is 2.19. The lowest BCUT2D eigenvalue weighted by atomic mass is 10.2. The van der Waals surface area contributed by atoms with Gasteiger partial charge in [0.25, 0.3) is 5.91 Å². The molecule has 0 fully saturated rings. The molecular formula is C8H8NO3. The Morgan fingerprint density at radius 3 is 2.33 bits per heavy atom. The summed E-state index contributed by atoms with van der Waals surface area (Å²) in [6.45, 7) is 0. The van der Waals surface area contributed by atoms with Crippen molar-refractivity contribution in [3.05, 3.63) is 29.8 Å². The Bertz CT molecular complexity index is 268. The zero-order valence-corrected chi connectivity index (χ0v) is 6.53. The first-order chi connectivity index (χ1) is 5.77. The fraction of sp³-hybridized carbons (Fsp3) is 0.125. The molecule has 0 heterocycles. The van der Waals surface area contributed by atoms with Gasteiger partial charge in [-0.3, -0.25) is 4.79 Å². The first kappa shape index (κ1) is 8.55. The van der Waals surface area contributed by atoms with Gasteiger partial charge in [0.2, 0.25) is 0 Å². The lowest BCUT2D eigenvalue weighted by molar-refractivity contribution is -0.208. The Kier molecular flexibility index (Phi) is 2.66. The molecule has 1 aromatic rings. The first-order valence-electron chi connectivity index (χ1n) is 3.40. The maximum absolute atomic E-state index is 11.0. The van der Waals surface area contributed by atoms with Crippen LogP contribution >= 0.6 is 0 Å². The molecule has 0 bridgehead atoms. The second-order valence-corrected chi connectivity index (χ2v) is 2.19. The van der Waals surface area contributed by atoms with Crippen molar-refractivity contribution >= 4 is 5.91 Å². The summed E-state index contributed by atoms with van der Waals surface area (Å²) in [7, 11) is 1.54. The van der Waals surface area contributed by atoms with E-state index >= 15 is 0 Å². The van der Waals surface area contributed by atoms with Crippen molar-refractivity contribution < 1.29 is 14.9 Å². The maximum Gasteiger partial charge on any atom is 0.251 e. The highest BCUT2D eigenvalue weighted by atomic mass is 17.1. The molecule has 1 rings (SSSR count). The molecule has 0 saturated heterocycles. The maximum atomic E-state index is 11.0. The van der Waals surface area contributed by atoms with E-state index in [9.17, 15) is 10.1 Å². The van der Waals surface area contributed by atoms with Crippen molar-refractivity contribution in [2.75, 3.05) is 7.05 Å². The van der Waals surface area contributed by atoms with Crippen molar-refractivity contribution in [1.82, 2.24) is 5.32 Å². The number of rotatable bonds is 2. The van der Waals surface area contributed by atoms with Crippen LogP contribution < -0.4 is 10.2 Å². The van der Waals surface area contributed by atoms with Crippen molar-refractivity contribution in [2.24, 2.45) is 0 Å². The molecule has 1 radical (unpaired) electrons. The van der Waals surface area contributed by atoms with Gasteiger partial charge in [-0.15, -0.1) is 0 Å². The summed E-state index contributed by atoms with van der Waals surface area (Å²) in [5, 5.41) is 12.3. The molecule has 0 unspecified atom stereocenters. The van der Waals surface area contributed by atoms with E-state index in [0.717, 1.165) is 0 Å². The number of hydrogen-bond acceptors (Lipinski definition) is 2. The lowest BCUT2D eigenvalue weighted by Crippen LogP contribution is -2.17. The summed E-state index contributed by atoms with van der Waals surface area (Å²) >= 11 is 0. The third-order valence-corrected chi connectivity index (χ3v) is 1.44. The largest absolute Gasteiger partial charge is 0.355 e. The number of carbonyl (C=O) groups excluding carboxylic acids is 1. The van der Waals surface area contributed by atoms with Crippen LogP contribution in [-0.2, 0) is 5.26 Å². The predicted molar refractivity (Wildman–Crippen MR) is 41.1 cm³/mol. The Morgan fingerprint density at radius 1 is 1.33 bits per heavy atom. The van der Waals surface area contributed by atoms with Gasteiger partial charge >= 0.3 is 0 Å².